The third-order valence-corrected chi connectivity index (χ3v) is 2.81. The standard InChI is InChI=1S/C13H20O/c1-4-13(14)8-7-12-6-5-10(2)11(3)9-12/h5-6,9,13-14H,4,7-8H2,1-3H3. The molecule has 1 unspecified atom stereocenters. The number of aliphatic hydroxyl groups excluding tert-OH is 1. The third-order valence-electron chi connectivity index (χ3n) is 2.81. The molecule has 1 aromatic carbocycles. The Morgan fingerprint density at radius 3 is 2.50 bits per heavy atom. The van der Waals surface area contributed by atoms with Crippen LogP contribution in [-0.4, -0.2) is 11.2 Å². The number of benzene rings is 1. The predicted molar refractivity (Wildman–Crippen MR) is 60.5 cm³/mol. The van der Waals surface area contributed by atoms with Gasteiger partial charge in [-0.15, -0.1) is 0 Å². The van der Waals surface area contributed by atoms with Gasteiger partial charge in [0.25, 0.3) is 0 Å². The Morgan fingerprint density at radius 1 is 1.21 bits per heavy atom. The van der Waals surface area contributed by atoms with Crippen LogP contribution in [0, 0.1) is 13.8 Å². The van der Waals surface area contributed by atoms with E-state index >= 15 is 0 Å². The van der Waals surface area contributed by atoms with Crippen molar-refractivity contribution in [2.24, 2.45) is 0 Å². The lowest BCUT2D eigenvalue weighted by Crippen LogP contribution is -2.05. The van der Waals surface area contributed by atoms with E-state index in [0.29, 0.717) is 0 Å². The molecule has 1 heteroatoms. The van der Waals surface area contributed by atoms with Crippen molar-refractivity contribution < 1.29 is 5.11 Å². The molecule has 0 aromatic heterocycles. The molecule has 78 valence electrons. The van der Waals surface area contributed by atoms with Crippen molar-refractivity contribution in [1.29, 1.82) is 0 Å². The van der Waals surface area contributed by atoms with E-state index in [4.69, 9.17) is 0 Å². The summed E-state index contributed by atoms with van der Waals surface area (Å²) in [6, 6.07) is 6.53. The maximum absolute atomic E-state index is 9.44. The number of hydrogen-bond acceptors (Lipinski definition) is 1. The van der Waals surface area contributed by atoms with Gasteiger partial charge in [0.1, 0.15) is 0 Å². The molecule has 1 aromatic rings. The Morgan fingerprint density at radius 2 is 1.93 bits per heavy atom. The molecule has 0 aliphatic carbocycles. The van der Waals surface area contributed by atoms with Gasteiger partial charge < -0.3 is 5.11 Å². The van der Waals surface area contributed by atoms with Crippen molar-refractivity contribution in [3.05, 3.63) is 34.9 Å². The zero-order chi connectivity index (χ0) is 10.6. The van der Waals surface area contributed by atoms with Crippen molar-refractivity contribution in [1.82, 2.24) is 0 Å². The highest BCUT2D eigenvalue weighted by Crippen LogP contribution is 2.12. The molecular formula is C13H20O. The van der Waals surface area contributed by atoms with Crippen LogP contribution >= 0.6 is 0 Å². The molecule has 1 N–H and O–H groups in total. The molecule has 1 rings (SSSR count). The average molecular weight is 192 g/mol. The summed E-state index contributed by atoms with van der Waals surface area (Å²) in [7, 11) is 0. The van der Waals surface area contributed by atoms with Gasteiger partial charge in [-0.2, -0.15) is 0 Å². The van der Waals surface area contributed by atoms with Crippen molar-refractivity contribution in [3.63, 3.8) is 0 Å². The highest BCUT2D eigenvalue weighted by Gasteiger charge is 2.02. The Balaban J connectivity index is 2.55. The van der Waals surface area contributed by atoms with Gasteiger partial charge in [0.05, 0.1) is 6.10 Å². The van der Waals surface area contributed by atoms with Gasteiger partial charge in [-0.1, -0.05) is 25.1 Å². The van der Waals surface area contributed by atoms with Crippen LogP contribution in [0.2, 0.25) is 0 Å². The molecule has 0 spiro atoms. The fourth-order valence-electron chi connectivity index (χ4n) is 1.50. The van der Waals surface area contributed by atoms with E-state index in [0.717, 1.165) is 19.3 Å². The largest absolute Gasteiger partial charge is 0.393 e. The lowest BCUT2D eigenvalue weighted by molar-refractivity contribution is 0.160. The van der Waals surface area contributed by atoms with Gasteiger partial charge in [-0.05, 0) is 49.8 Å². The summed E-state index contributed by atoms with van der Waals surface area (Å²) < 4.78 is 0. The Kier molecular flexibility index (Phi) is 4.15. The Bertz CT molecular complexity index is 291. The number of rotatable bonds is 4. The second-order valence-corrected chi connectivity index (χ2v) is 4.02. The number of aryl methyl sites for hydroxylation is 3. The highest BCUT2D eigenvalue weighted by atomic mass is 16.3. The zero-order valence-corrected chi connectivity index (χ0v) is 9.38. The highest BCUT2D eigenvalue weighted by molar-refractivity contribution is 5.29. The Labute approximate surface area is 86.8 Å². The molecule has 0 saturated carbocycles. The van der Waals surface area contributed by atoms with E-state index < -0.39 is 0 Å². The van der Waals surface area contributed by atoms with Crippen LogP contribution in [0.15, 0.2) is 18.2 Å². The smallest absolute Gasteiger partial charge is 0.0540 e. The first-order chi connectivity index (χ1) is 6.63. The summed E-state index contributed by atoms with van der Waals surface area (Å²) >= 11 is 0. The minimum atomic E-state index is -0.142. The summed E-state index contributed by atoms with van der Waals surface area (Å²) in [6.07, 6.45) is 2.57. The average Bonchev–Trinajstić information content (AvgIpc) is 2.19. The molecule has 1 atom stereocenters. The molecule has 14 heavy (non-hydrogen) atoms. The van der Waals surface area contributed by atoms with Crippen molar-refractivity contribution >= 4 is 0 Å². The van der Waals surface area contributed by atoms with Crippen LogP contribution in [-0.2, 0) is 6.42 Å². The fraction of sp³-hybridized carbons (Fsp3) is 0.538. The summed E-state index contributed by atoms with van der Waals surface area (Å²) in [5.41, 5.74) is 4.01. The molecule has 0 fully saturated rings. The van der Waals surface area contributed by atoms with E-state index in [1.165, 1.54) is 16.7 Å². The van der Waals surface area contributed by atoms with Crippen molar-refractivity contribution in [2.45, 2.75) is 46.1 Å². The van der Waals surface area contributed by atoms with Gasteiger partial charge in [0, 0.05) is 0 Å². The van der Waals surface area contributed by atoms with Crippen LogP contribution in [0.1, 0.15) is 36.5 Å². The first-order valence-electron chi connectivity index (χ1n) is 5.37. The van der Waals surface area contributed by atoms with Crippen molar-refractivity contribution in [3.8, 4) is 0 Å². The molecule has 0 bridgehead atoms. The maximum Gasteiger partial charge on any atom is 0.0540 e. The van der Waals surface area contributed by atoms with Gasteiger partial charge in [-0.3, -0.25) is 0 Å². The van der Waals surface area contributed by atoms with Crippen molar-refractivity contribution in [2.75, 3.05) is 0 Å². The molecule has 0 radical (unpaired) electrons. The normalized spacial score (nSPS) is 12.9. The zero-order valence-electron chi connectivity index (χ0n) is 9.38. The van der Waals surface area contributed by atoms with Crippen LogP contribution in [0.5, 0.6) is 0 Å². The molecule has 0 heterocycles. The lowest BCUT2D eigenvalue weighted by atomic mass is 10.0. The quantitative estimate of drug-likeness (QED) is 0.777. The van der Waals surface area contributed by atoms with Crippen LogP contribution < -0.4 is 0 Å². The van der Waals surface area contributed by atoms with E-state index in [9.17, 15) is 5.11 Å². The van der Waals surface area contributed by atoms with Gasteiger partial charge in [-0.25, -0.2) is 0 Å². The predicted octanol–water partition coefficient (Wildman–Crippen LogP) is 3.01. The van der Waals surface area contributed by atoms with E-state index in [-0.39, 0.29) is 6.10 Å². The van der Waals surface area contributed by atoms with Gasteiger partial charge in [0.15, 0.2) is 0 Å². The first-order valence-corrected chi connectivity index (χ1v) is 5.37. The minimum absolute atomic E-state index is 0.142. The van der Waals surface area contributed by atoms with Crippen LogP contribution in [0.3, 0.4) is 0 Å². The number of aliphatic hydroxyl groups is 1. The summed E-state index contributed by atoms with van der Waals surface area (Å²) in [5.74, 6) is 0. The number of hydrogen-bond donors (Lipinski definition) is 1. The molecular weight excluding hydrogens is 172 g/mol. The third kappa shape index (κ3) is 3.15. The molecule has 0 amide bonds. The van der Waals surface area contributed by atoms with Gasteiger partial charge in [0.2, 0.25) is 0 Å². The second-order valence-electron chi connectivity index (χ2n) is 4.02. The molecule has 1 nitrogen and oxygen atoms in total. The fourth-order valence-corrected chi connectivity index (χ4v) is 1.50. The molecule has 0 aliphatic heterocycles. The second kappa shape index (κ2) is 5.16. The lowest BCUT2D eigenvalue weighted by Gasteiger charge is -2.08. The molecule has 0 aliphatic rings. The minimum Gasteiger partial charge on any atom is -0.393 e. The van der Waals surface area contributed by atoms with Gasteiger partial charge >= 0.3 is 0 Å². The SMILES string of the molecule is CCC(O)CCc1ccc(C)c(C)c1. The molecule has 0 saturated heterocycles. The van der Waals surface area contributed by atoms with Crippen LogP contribution in [0.25, 0.3) is 0 Å². The monoisotopic (exact) mass is 192 g/mol. The topological polar surface area (TPSA) is 20.2 Å². The maximum atomic E-state index is 9.44. The van der Waals surface area contributed by atoms with Crippen LogP contribution in [0.4, 0.5) is 0 Å². The van der Waals surface area contributed by atoms with E-state index in [1.807, 2.05) is 6.92 Å². The van der Waals surface area contributed by atoms with E-state index in [1.54, 1.807) is 0 Å². The summed E-state index contributed by atoms with van der Waals surface area (Å²) in [5, 5.41) is 9.44. The summed E-state index contributed by atoms with van der Waals surface area (Å²) in [6.45, 7) is 6.28. The summed E-state index contributed by atoms with van der Waals surface area (Å²) in [4.78, 5) is 0. The Hall–Kier alpha value is -0.820. The first kappa shape index (κ1) is 11.3. The van der Waals surface area contributed by atoms with E-state index in [2.05, 4.69) is 32.0 Å².